The molecule has 1 aromatic carbocycles. The summed E-state index contributed by atoms with van der Waals surface area (Å²) in [6, 6.07) is 3.48. The van der Waals surface area contributed by atoms with Gasteiger partial charge < -0.3 is 5.11 Å². The number of rotatable bonds is 0. The largest absolute Gasteiger partial charge is 0.506 e. The van der Waals surface area contributed by atoms with Crippen LogP contribution in [-0.4, -0.2) is 10.1 Å². The van der Waals surface area contributed by atoms with Gasteiger partial charge in [0.1, 0.15) is 11.3 Å². The Morgan fingerprint density at radius 1 is 1.54 bits per heavy atom. The van der Waals surface area contributed by atoms with Crippen molar-refractivity contribution in [1.82, 2.24) is 4.98 Å². The Balaban J connectivity index is 2.84. The van der Waals surface area contributed by atoms with Crippen molar-refractivity contribution in [2.45, 2.75) is 0 Å². The Kier molecular flexibility index (Phi) is 1.98. The molecule has 0 fully saturated rings. The Hall–Kier alpha value is -1.05. The molecule has 13 heavy (non-hydrogen) atoms. The standard InChI is InChI=1S/C9H4BrNOS/c1-2-8-11-9-6(12)3-5(10)4-7(9)13-8/h1,3-4,12H. The highest BCUT2D eigenvalue weighted by atomic mass is 79.9. The molecule has 0 bridgehead atoms. The smallest absolute Gasteiger partial charge is 0.167 e. The van der Waals surface area contributed by atoms with Gasteiger partial charge in [-0.3, -0.25) is 0 Å². The van der Waals surface area contributed by atoms with Crippen LogP contribution >= 0.6 is 27.3 Å². The van der Waals surface area contributed by atoms with E-state index in [0.29, 0.717) is 10.5 Å². The third-order valence-corrected chi connectivity index (χ3v) is 2.95. The molecule has 2 rings (SSSR count). The Morgan fingerprint density at radius 2 is 2.31 bits per heavy atom. The van der Waals surface area contributed by atoms with Crippen molar-refractivity contribution in [1.29, 1.82) is 0 Å². The number of thiazole rings is 1. The number of aromatic hydroxyl groups is 1. The van der Waals surface area contributed by atoms with Crippen LogP contribution in [0.5, 0.6) is 5.75 Å². The van der Waals surface area contributed by atoms with E-state index >= 15 is 0 Å². The molecule has 0 saturated carbocycles. The average molecular weight is 254 g/mol. The SMILES string of the molecule is C#Cc1nc2c(O)cc(Br)cc2s1. The van der Waals surface area contributed by atoms with Gasteiger partial charge in [0.15, 0.2) is 5.01 Å². The maximum Gasteiger partial charge on any atom is 0.167 e. The maximum absolute atomic E-state index is 9.51. The zero-order valence-electron chi connectivity index (χ0n) is 6.41. The van der Waals surface area contributed by atoms with Crippen LogP contribution in [0.15, 0.2) is 16.6 Å². The number of terminal acetylenes is 1. The Morgan fingerprint density at radius 3 is 3.00 bits per heavy atom. The number of fused-ring (bicyclic) bond motifs is 1. The second-order valence-electron chi connectivity index (χ2n) is 2.44. The number of hydrogen-bond donors (Lipinski definition) is 1. The third kappa shape index (κ3) is 1.41. The molecule has 0 atom stereocenters. The van der Waals surface area contributed by atoms with Crippen molar-refractivity contribution >= 4 is 37.5 Å². The fourth-order valence-electron chi connectivity index (χ4n) is 1.04. The van der Waals surface area contributed by atoms with Gasteiger partial charge in [0.2, 0.25) is 0 Å². The number of phenolic OH excluding ortho intramolecular Hbond substituents is 1. The predicted octanol–water partition coefficient (Wildman–Crippen LogP) is 2.75. The van der Waals surface area contributed by atoms with Crippen LogP contribution in [0.4, 0.5) is 0 Å². The number of nitrogens with zero attached hydrogens (tertiary/aromatic N) is 1. The summed E-state index contributed by atoms with van der Waals surface area (Å²) in [5.41, 5.74) is 0.571. The fraction of sp³-hybridized carbons (Fsp3) is 0. The molecular formula is C9H4BrNOS. The lowest BCUT2D eigenvalue weighted by Gasteiger charge is -1.93. The lowest BCUT2D eigenvalue weighted by molar-refractivity contribution is 0.480. The van der Waals surface area contributed by atoms with Gasteiger partial charge in [-0.05, 0) is 18.1 Å². The van der Waals surface area contributed by atoms with Crippen molar-refractivity contribution < 1.29 is 5.11 Å². The number of hydrogen-bond acceptors (Lipinski definition) is 3. The first-order valence-corrected chi connectivity index (χ1v) is 5.07. The molecule has 0 aliphatic rings. The van der Waals surface area contributed by atoms with Gasteiger partial charge in [0.25, 0.3) is 0 Å². The van der Waals surface area contributed by atoms with Crippen molar-refractivity contribution in [3.05, 3.63) is 21.6 Å². The zero-order chi connectivity index (χ0) is 9.42. The molecule has 0 saturated heterocycles. The van der Waals surface area contributed by atoms with Crippen LogP contribution in [-0.2, 0) is 0 Å². The van der Waals surface area contributed by atoms with E-state index in [9.17, 15) is 5.11 Å². The van der Waals surface area contributed by atoms with Crippen molar-refractivity contribution in [3.63, 3.8) is 0 Å². The minimum absolute atomic E-state index is 0.155. The lowest BCUT2D eigenvalue weighted by Crippen LogP contribution is -1.72. The summed E-state index contributed by atoms with van der Waals surface area (Å²) in [4.78, 5) is 4.08. The summed E-state index contributed by atoms with van der Waals surface area (Å²) >= 11 is 4.67. The second kappa shape index (κ2) is 3.02. The van der Waals surface area contributed by atoms with Gasteiger partial charge in [0.05, 0.1) is 4.70 Å². The van der Waals surface area contributed by atoms with E-state index in [0.717, 1.165) is 9.17 Å². The summed E-state index contributed by atoms with van der Waals surface area (Å²) < 4.78 is 1.71. The van der Waals surface area contributed by atoms with Crippen LogP contribution in [0, 0.1) is 12.3 Å². The van der Waals surface area contributed by atoms with Gasteiger partial charge in [-0.15, -0.1) is 17.8 Å². The van der Waals surface area contributed by atoms with E-state index in [2.05, 4.69) is 26.8 Å². The molecule has 0 spiro atoms. The molecule has 1 N–H and O–H groups in total. The first-order chi connectivity index (χ1) is 6.20. The summed E-state index contributed by atoms with van der Waals surface area (Å²) in [7, 11) is 0. The van der Waals surface area contributed by atoms with Gasteiger partial charge in [-0.25, -0.2) is 4.98 Å². The van der Waals surface area contributed by atoms with E-state index in [1.807, 2.05) is 6.07 Å². The topological polar surface area (TPSA) is 33.1 Å². The molecule has 4 heteroatoms. The molecule has 0 amide bonds. The van der Waals surface area contributed by atoms with Crippen molar-refractivity contribution in [2.24, 2.45) is 0 Å². The molecule has 0 radical (unpaired) electrons. The van der Waals surface area contributed by atoms with Crippen molar-refractivity contribution in [2.75, 3.05) is 0 Å². The summed E-state index contributed by atoms with van der Waals surface area (Å²) in [6.45, 7) is 0. The minimum atomic E-state index is 0.155. The van der Waals surface area contributed by atoms with Crippen LogP contribution < -0.4 is 0 Å². The van der Waals surface area contributed by atoms with E-state index in [4.69, 9.17) is 6.42 Å². The van der Waals surface area contributed by atoms with Gasteiger partial charge in [0, 0.05) is 4.47 Å². The molecule has 1 heterocycles. The van der Waals surface area contributed by atoms with Crippen LogP contribution in [0.25, 0.3) is 10.2 Å². The Labute approximate surface area is 87.4 Å². The first kappa shape index (κ1) is 8.54. The number of benzene rings is 1. The van der Waals surface area contributed by atoms with Gasteiger partial charge >= 0.3 is 0 Å². The summed E-state index contributed by atoms with van der Waals surface area (Å²) in [5.74, 6) is 2.60. The maximum atomic E-state index is 9.51. The fourth-order valence-corrected chi connectivity index (χ4v) is 2.48. The number of halogens is 1. The monoisotopic (exact) mass is 253 g/mol. The average Bonchev–Trinajstić information content (AvgIpc) is 2.47. The van der Waals surface area contributed by atoms with E-state index in [1.54, 1.807) is 6.07 Å². The quantitative estimate of drug-likeness (QED) is 0.733. The van der Waals surface area contributed by atoms with Crippen LogP contribution in [0.2, 0.25) is 0 Å². The molecule has 0 unspecified atom stereocenters. The molecule has 2 nitrogen and oxygen atoms in total. The van der Waals surface area contributed by atoms with E-state index in [1.165, 1.54) is 11.3 Å². The summed E-state index contributed by atoms with van der Waals surface area (Å²) in [6.07, 6.45) is 5.21. The highest BCUT2D eigenvalue weighted by Gasteiger charge is 2.07. The van der Waals surface area contributed by atoms with E-state index < -0.39 is 0 Å². The lowest BCUT2D eigenvalue weighted by atomic mass is 10.3. The van der Waals surface area contributed by atoms with Crippen molar-refractivity contribution in [3.8, 4) is 18.1 Å². The van der Waals surface area contributed by atoms with Gasteiger partial charge in [-0.1, -0.05) is 15.9 Å². The zero-order valence-corrected chi connectivity index (χ0v) is 8.82. The van der Waals surface area contributed by atoms with Crippen LogP contribution in [0.1, 0.15) is 5.01 Å². The van der Waals surface area contributed by atoms with Gasteiger partial charge in [-0.2, -0.15) is 0 Å². The second-order valence-corrected chi connectivity index (χ2v) is 4.38. The molecule has 0 aliphatic carbocycles. The third-order valence-electron chi connectivity index (χ3n) is 1.56. The molecule has 0 aliphatic heterocycles. The molecule has 1 aromatic heterocycles. The van der Waals surface area contributed by atoms with E-state index in [-0.39, 0.29) is 5.75 Å². The number of aromatic nitrogens is 1. The Bertz CT molecular complexity index is 512. The highest BCUT2D eigenvalue weighted by molar-refractivity contribution is 9.10. The molecular weight excluding hydrogens is 250 g/mol. The highest BCUT2D eigenvalue weighted by Crippen LogP contribution is 2.32. The molecule has 64 valence electrons. The van der Waals surface area contributed by atoms with Crippen LogP contribution in [0.3, 0.4) is 0 Å². The summed E-state index contributed by atoms with van der Waals surface area (Å²) in [5, 5.41) is 10.1. The minimum Gasteiger partial charge on any atom is -0.506 e. The molecule has 2 aromatic rings. The predicted molar refractivity (Wildman–Crippen MR) is 56.9 cm³/mol. The normalized spacial score (nSPS) is 10.2. The number of phenols is 1. The first-order valence-electron chi connectivity index (χ1n) is 3.46.